The smallest absolute Gasteiger partial charge is 0.239 e. The number of ketones is 1. The molecule has 1 aliphatic heterocycles. The van der Waals surface area contributed by atoms with Crippen LogP contribution in [0.5, 0.6) is 0 Å². The topological polar surface area (TPSA) is 54.5 Å². The summed E-state index contributed by atoms with van der Waals surface area (Å²) in [7, 11) is 0. The Morgan fingerprint density at radius 3 is 1.29 bits per heavy atom. The maximum atomic E-state index is 15.9. The standard InChI is InChI=1S/C41H31NO3/c1-26-23-24-32(25-27(26)2)42-37(43)35-36(38(42)44)41(31-21-13-6-14-22-31)34(29-17-9-4-10-18-29)33(28-15-7-3-8-16-28)40(35,39(41)45)30-19-11-5-12-20-30/h3-25,35-36H,1-2H3/t35-,36-,40-,41-/m0/s1. The third kappa shape index (κ3) is 3.40. The van der Waals surface area contributed by atoms with E-state index in [1.807, 2.05) is 153 Å². The second-order valence-electron chi connectivity index (χ2n) is 12.4. The predicted octanol–water partition coefficient (Wildman–Crippen LogP) is 7.49. The molecule has 0 radical (unpaired) electrons. The summed E-state index contributed by atoms with van der Waals surface area (Å²) in [4.78, 5) is 47.3. The molecule has 5 aromatic rings. The van der Waals surface area contributed by atoms with Crippen LogP contribution in [0, 0.1) is 25.7 Å². The van der Waals surface area contributed by atoms with Crippen molar-refractivity contribution in [2.24, 2.45) is 11.8 Å². The molecule has 0 aromatic heterocycles. The van der Waals surface area contributed by atoms with Crippen LogP contribution in [0.15, 0.2) is 140 Å². The lowest BCUT2D eigenvalue weighted by atomic mass is 9.59. The Hall–Kier alpha value is -5.35. The first-order chi connectivity index (χ1) is 21.9. The molecule has 1 heterocycles. The molecule has 1 saturated heterocycles. The van der Waals surface area contributed by atoms with E-state index in [9.17, 15) is 0 Å². The fourth-order valence-electron chi connectivity index (χ4n) is 8.45. The van der Waals surface area contributed by atoms with E-state index in [1.54, 1.807) is 0 Å². The number of nitrogens with zero attached hydrogens (tertiary/aromatic N) is 1. The van der Waals surface area contributed by atoms with E-state index in [0.717, 1.165) is 44.5 Å². The molecule has 0 spiro atoms. The monoisotopic (exact) mass is 585 g/mol. The van der Waals surface area contributed by atoms with E-state index in [0.29, 0.717) is 5.69 Å². The van der Waals surface area contributed by atoms with E-state index in [1.165, 1.54) is 4.90 Å². The molecule has 4 heteroatoms. The van der Waals surface area contributed by atoms with Gasteiger partial charge in [0.1, 0.15) is 0 Å². The Kier molecular flexibility index (Phi) is 5.95. The average Bonchev–Trinajstić information content (AvgIpc) is 3.59. The number of anilines is 1. The summed E-state index contributed by atoms with van der Waals surface area (Å²) in [5.41, 5.74) is 4.64. The molecule has 5 aromatic carbocycles. The van der Waals surface area contributed by atoms with Crippen molar-refractivity contribution in [2.45, 2.75) is 24.7 Å². The van der Waals surface area contributed by atoms with Gasteiger partial charge >= 0.3 is 0 Å². The number of aryl methyl sites for hydroxylation is 2. The molecule has 1 saturated carbocycles. The normalized spacial score (nSPS) is 25.3. The first-order valence-corrected chi connectivity index (χ1v) is 15.4. The quantitative estimate of drug-likeness (QED) is 0.201. The fourth-order valence-corrected chi connectivity index (χ4v) is 8.45. The summed E-state index contributed by atoms with van der Waals surface area (Å²) in [6.45, 7) is 3.99. The van der Waals surface area contributed by atoms with Gasteiger partial charge in [0, 0.05) is 0 Å². The zero-order chi connectivity index (χ0) is 30.9. The Labute approximate surface area is 262 Å². The van der Waals surface area contributed by atoms with Crippen molar-refractivity contribution in [2.75, 3.05) is 4.90 Å². The maximum Gasteiger partial charge on any atom is 0.239 e. The van der Waals surface area contributed by atoms with Crippen molar-refractivity contribution in [1.82, 2.24) is 0 Å². The van der Waals surface area contributed by atoms with Gasteiger partial charge < -0.3 is 0 Å². The third-order valence-corrected chi connectivity index (χ3v) is 10.3. The zero-order valence-electron chi connectivity index (χ0n) is 25.1. The minimum absolute atomic E-state index is 0.110. The van der Waals surface area contributed by atoms with Gasteiger partial charge in [0.15, 0.2) is 5.78 Å². The molecule has 2 fully saturated rings. The number of carbonyl (C=O) groups is 3. The molecule has 0 unspecified atom stereocenters. The van der Waals surface area contributed by atoms with Crippen LogP contribution in [0.25, 0.3) is 11.1 Å². The van der Waals surface area contributed by atoms with Gasteiger partial charge in [-0.2, -0.15) is 0 Å². The summed E-state index contributed by atoms with van der Waals surface area (Å²) < 4.78 is 0. The number of hydrogen-bond donors (Lipinski definition) is 0. The summed E-state index contributed by atoms with van der Waals surface area (Å²) in [5.74, 6) is -2.62. The highest BCUT2D eigenvalue weighted by atomic mass is 16.2. The minimum atomic E-state index is -1.39. The van der Waals surface area contributed by atoms with Crippen molar-refractivity contribution in [1.29, 1.82) is 0 Å². The molecule has 2 aliphatic carbocycles. The van der Waals surface area contributed by atoms with Crippen molar-refractivity contribution >= 4 is 34.4 Å². The highest BCUT2D eigenvalue weighted by Gasteiger charge is 2.82. The number of benzene rings is 5. The molecule has 8 rings (SSSR count). The summed E-state index contributed by atoms with van der Waals surface area (Å²) in [5, 5.41) is 0. The van der Waals surface area contributed by atoms with Crippen LogP contribution in [0.4, 0.5) is 5.69 Å². The third-order valence-electron chi connectivity index (χ3n) is 10.3. The Balaban J connectivity index is 1.55. The minimum Gasteiger partial charge on any atom is -0.297 e. The SMILES string of the molecule is Cc1ccc(N2C(=O)[C@@H]3[C@@H](C2=O)[C@@]2(c4ccccc4)C(=O)[C@@]3(c3ccccc3)C(c3ccccc3)=C2c2ccccc2)cc1C. The lowest BCUT2D eigenvalue weighted by Gasteiger charge is -2.39. The first kappa shape index (κ1) is 27.2. The van der Waals surface area contributed by atoms with Gasteiger partial charge in [-0.1, -0.05) is 127 Å². The van der Waals surface area contributed by atoms with E-state index >= 15 is 14.4 Å². The molecule has 2 amide bonds. The average molecular weight is 586 g/mol. The summed E-state index contributed by atoms with van der Waals surface area (Å²) in [6, 6.07) is 44.9. The molecular weight excluding hydrogens is 554 g/mol. The molecule has 2 bridgehead atoms. The fraction of sp³-hybridized carbons (Fsp3) is 0.146. The van der Waals surface area contributed by atoms with Gasteiger partial charge in [-0.05, 0) is 70.5 Å². The van der Waals surface area contributed by atoms with Crippen molar-refractivity contribution in [3.8, 4) is 0 Å². The summed E-state index contributed by atoms with van der Waals surface area (Å²) in [6.07, 6.45) is 0. The molecule has 218 valence electrons. The Morgan fingerprint density at radius 2 is 0.889 bits per heavy atom. The van der Waals surface area contributed by atoms with Gasteiger partial charge in [0.2, 0.25) is 11.8 Å². The van der Waals surface area contributed by atoms with Crippen LogP contribution in [0.3, 0.4) is 0 Å². The first-order valence-electron chi connectivity index (χ1n) is 15.4. The van der Waals surface area contributed by atoms with Crippen LogP contribution >= 0.6 is 0 Å². The number of hydrogen-bond acceptors (Lipinski definition) is 3. The van der Waals surface area contributed by atoms with Crippen LogP contribution in [-0.2, 0) is 25.2 Å². The van der Waals surface area contributed by atoms with Crippen molar-refractivity contribution in [3.63, 3.8) is 0 Å². The Bertz CT molecular complexity index is 1910. The highest BCUT2D eigenvalue weighted by Crippen LogP contribution is 2.74. The molecule has 45 heavy (non-hydrogen) atoms. The van der Waals surface area contributed by atoms with E-state index in [4.69, 9.17) is 0 Å². The predicted molar refractivity (Wildman–Crippen MR) is 176 cm³/mol. The van der Waals surface area contributed by atoms with Gasteiger partial charge in [-0.15, -0.1) is 0 Å². The Morgan fingerprint density at radius 1 is 0.489 bits per heavy atom. The zero-order valence-corrected chi connectivity index (χ0v) is 25.1. The van der Waals surface area contributed by atoms with Crippen LogP contribution in [-0.4, -0.2) is 17.6 Å². The highest BCUT2D eigenvalue weighted by molar-refractivity contribution is 6.39. The van der Waals surface area contributed by atoms with Gasteiger partial charge in [0.25, 0.3) is 0 Å². The number of carbonyl (C=O) groups excluding carboxylic acids is 3. The second-order valence-corrected chi connectivity index (χ2v) is 12.4. The van der Waals surface area contributed by atoms with Gasteiger partial charge in [-0.25, -0.2) is 4.90 Å². The van der Waals surface area contributed by atoms with E-state index in [2.05, 4.69) is 0 Å². The lowest BCUT2D eigenvalue weighted by Crippen LogP contribution is -2.45. The second kappa shape index (κ2) is 9.83. The van der Waals surface area contributed by atoms with Gasteiger partial charge in [-0.3, -0.25) is 14.4 Å². The molecular formula is C41H31NO3. The number of Topliss-reactive ketones (excluding diaryl/α,β-unsaturated/α-hetero) is 1. The van der Waals surface area contributed by atoms with Gasteiger partial charge in [0.05, 0.1) is 28.4 Å². The number of fused-ring (bicyclic) bond motifs is 5. The maximum absolute atomic E-state index is 15.9. The molecule has 3 aliphatic rings. The van der Waals surface area contributed by atoms with E-state index in [-0.39, 0.29) is 17.6 Å². The van der Waals surface area contributed by atoms with Crippen LogP contribution in [0.1, 0.15) is 33.4 Å². The molecule has 4 nitrogen and oxygen atoms in total. The van der Waals surface area contributed by atoms with E-state index < -0.39 is 22.7 Å². The lowest BCUT2D eigenvalue weighted by molar-refractivity contribution is -0.130. The number of rotatable bonds is 5. The number of imide groups is 1. The largest absolute Gasteiger partial charge is 0.297 e. The molecule has 0 N–H and O–H groups in total. The van der Waals surface area contributed by atoms with Crippen LogP contribution < -0.4 is 4.90 Å². The summed E-state index contributed by atoms with van der Waals surface area (Å²) >= 11 is 0. The van der Waals surface area contributed by atoms with Crippen molar-refractivity contribution in [3.05, 3.63) is 173 Å². The van der Waals surface area contributed by atoms with Crippen LogP contribution in [0.2, 0.25) is 0 Å². The molecule has 4 atom stereocenters. The van der Waals surface area contributed by atoms with Crippen molar-refractivity contribution < 1.29 is 14.4 Å². The number of allylic oxidation sites excluding steroid dienone is 2. The number of amides is 2.